The maximum absolute atomic E-state index is 11.1. The van der Waals surface area contributed by atoms with Gasteiger partial charge in [-0.05, 0) is 30.3 Å². The van der Waals surface area contributed by atoms with Crippen LogP contribution in [-0.4, -0.2) is 74.0 Å². The highest BCUT2D eigenvalue weighted by atomic mass is 16.6. The van der Waals surface area contributed by atoms with E-state index in [9.17, 15) is 20.3 Å². The molecule has 3 aromatic carbocycles. The summed E-state index contributed by atoms with van der Waals surface area (Å²) in [7, 11) is 2.91. The number of ether oxygens (including phenoxy) is 3. The van der Waals surface area contributed by atoms with Gasteiger partial charge in [-0.1, -0.05) is 0 Å². The van der Waals surface area contributed by atoms with Crippen LogP contribution in [0.1, 0.15) is 0 Å². The molecule has 3 N–H and O–H groups in total. The summed E-state index contributed by atoms with van der Waals surface area (Å²) in [6.07, 6.45) is 0. The van der Waals surface area contributed by atoms with E-state index in [0.29, 0.717) is 41.7 Å². The van der Waals surface area contributed by atoms with Crippen LogP contribution in [0.3, 0.4) is 0 Å². The van der Waals surface area contributed by atoms with Gasteiger partial charge >= 0.3 is 0 Å². The third-order valence-electron chi connectivity index (χ3n) is 5.48. The Hall–Kier alpha value is -4.66. The lowest BCUT2D eigenvalue weighted by atomic mass is 10.2. The predicted molar refractivity (Wildman–Crippen MR) is 146 cm³/mol. The molecule has 0 spiro atoms. The first-order chi connectivity index (χ1) is 19.4. The van der Waals surface area contributed by atoms with Gasteiger partial charge in [0.25, 0.3) is 5.69 Å². The zero-order valence-corrected chi connectivity index (χ0v) is 22.0. The molecular weight excluding hydrogens is 524 g/mol. The van der Waals surface area contributed by atoms with Crippen molar-refractivity contribution < 1.29 is 34.5 Å². The van der Waals surface area contributed by atoms with Crippen molar-refractivity contribution in [1.82, 2.24) is 0 Å². The number of hydrogen-bond acceptors (Lipinski definition) is 13. The SMILES string of the molecule is COc1cc(/N=N/c2ccc([N+](=O)[O-])cc2OCCO)c(OC)cc1/N=N/c1ccc(N(CCO)CCO)cc1. The number of benzene rings is 3. The van der Waals surface area contributed by atoms with Crippen LogP contribution in [0.4, 0.5) is 34.1 Å². The van der Waals surface area contributed by atoms with Crippen LogP contribution in [0.5, 0.6) is 17.2 Å². The zero-order valence-electron chi connectivity index (χ0n) is 22.0. The van der Waals surface area contributed by atoms with Gasteiger partial charge in [-0.15, -0.1) is 15.3 Å². The molecule has 0 aliphatic heterocycles. The summed E-state index contributed by atoms with van der Waals surface area (Å²) in [5, 5.41) is 55.6. The molecular formula is C26H30N6O8. The van der Waals surface area contributed by atoms with E-state index in [1.54, 1.807) is 24.3 Å². The molecule has 0 bridgehead atoms. The molecule has 0 heterocycles. The van der Waals surface area contributed by atoms with E-state index in [-0.39, 0.29) is 43.6 Å². The van der Waals surface area contributed by atoms with Gasteiger partial charge in [-0.2, -0.15) is 5.11 Å². The number of aliphatic hydroxyl groups is 3. The van der Waals surface area contributed by atoms with Crippen LogP contribution in [0, 0.1) is 10.1 Å². The minimum atomic E-state index is -0.564. The molecule has 3 aromatic rings. The number of non-ortho nitro benzene ring substituents is 1. The molecule has 0 aromatic heterocycles. The molecule has 0 atom stereocenters. The highest BCUT2D eigenvalue weighted by Crippen LogP contribution is 2.42. The van der Waals surface area contributed by atoms with E-state index in [2.05, 4.69) is 20.5 Å². The quantitative estimate of drug-likeness (QED) is 0.137. The molecule has 212 valence electrons. The largest absolute Gasteiger partial charge is 0.494 e. The molecule has 0 amide bonds. The smallest absolute Gasteiger partial charge is 0.273 e. The van der Waals surface area contributed by atoms with E-state index in [4.69, 9.17) is 19.3 Å². The Morgan fingerprint density at radius 3 is 1.85 bits per heavy atom. The maximum atomic E-state index is 11.1. The average Bonchev–Trinajstić information content (AvgIpc) is 2.98. The highest BCUT2D eigenvalue weighted by molar-refractivity contribution is 5.67. The molecule has 0 aliphatic rings. The van der Waals surface area contributed by atoms with Gasteiger partial charge in [0.05, 0.1) is 50.7 Å². The molecule has 14 heteroatoms. The highest BCUT2D eigenvalue weighted by Gasteiger charge is 2.14. The number of nitro benzene ring substituents is 1. The minimum absolute atomic E-state index is 0.0365. The van der Waals surface area contributed by atoms with Crippen molar-refractivity contribution in [1.29, 1.82) is 0 Å². The molecule has 0 saturated carbocycles. The van der Waals surface area contributed by atoms with E-state index in [1.807, 2.05) is 17.0 Å². The van der Waals surface area contributed by atoms with Crippen LogP contribution in [-0.2, 0) is 0 Å². The third kappa shape index (κ3) is 7.92. The van der Waals surface area contributed by atoms with Crippen molar-refractivity contribution in [3.05, 3.63) is 64.7 Å². The second-order valence-electron chi connectivity index (χ2n) is 8.03. The summed E-state index contributed by atoms with van der Waals surface area (Å²) in [6, 6.07) is 14.1. The molecule has 0 radical (unpaired) electrons. The van der Waals surface area contributed by atoms with Crippen LogP contribution >= 0.6 is 0 Å². The van der Waals surface area contributed by atoms with Crippen LogP contribution < -0.4 is 19.1 Å². The van der Waals surface area contributed by atoms with Crippen LogP contribution in [0.25, 0.3) is 0 Å². The number of nitro groups is 1. The molecule has 0 unspecified atom stereocenters. The summed E-state index contributed by atoms with van der Waals surface area (Å²) in [5.41, 5.74) is 2.07. The van der Waals surface area contributed by atoms with E-state index < -0.39 is 4.92 Å². The van der Waals surface area contributed by atoms with Crippen LogP contribution in [0.15, 0.2) is 75.1 Å². The first-order valence-corrected chi connectivity index (χ1v) is 12.1. The summed E-state index contributed by atoms with van der Waals surface area (Å²) in [4.78, 5) is 12.4. The van der Waals surface area contributed by atoms with Gasteiger partial charge in [0, 0.05) is 37.0 Å². The Kier molecular flexibility index (Phi) is 11.3. The Balaban J connectivity index is 1.87. The van der Waals surface area contributed by atoms with Crippen molar-refractivity contribution in [2.45, 2.75) is 0 Å². The molecule has 14 nitrogen and oxygen atoms in total. The fourth-order valence-corrected chi connectivity index (χ4v) is 3.55. The Labute approximate surface area is 229 Å². The van der Waals surface area contributed by atoms with Gasteiger partial charge in [0.2, 0.25) is 0 Å². The topological polar surface area (TPSA) is 184 Å². The normalized spacial score (nSPS) is 11.2. The molecule has 3 rings (SSSR count). The molecule has 0 aliphatic carbocycles. The molecule has 0 saturated heterocycles. The lowest BCUT2D eigenvalue weighted by Gasteiger charge is -2.22. The number of rotatable bonds is 15. The Bertz CT molecular complexity index is 1330. The van der Waals surface area contributed by atoms with E-state index >= 15 is 0 Å². The first-order valence-electron chi connectivity index (χ1n) is 12.1. The zero-order chi connectivity index (χ0) is 28.9. The Morgan fingerprint density at radius 1 is 0.750 bits per heavy atom. The van der Waals surface area contributed by atoms with E-state index in [1.165, 1.54) is 32.4 Å². The average molecular weight is 555 g/mol. The number of hydrogen-bond donors (Lipinski definition) is 3. The van der Waals surface area contributed by atoms with Crippen molar-refractivity contribution in [2.24, 2.45) is 20.5 Å². The lowest BCUT2D eigenvalue weighted by Crippen LogP contribution is -2.29. The Morgan fingerprint density at radius 2 is 1.32 bits per heavy atom. The second kappa shape index (κ2) is 15.1. The fourth-order valence-electron chi connectivity index (χ4n) is 3.55. The van der Waals surface area contributed by atoms with Crippen LogP contribution in [0.2, 0.25) is 0 Å². The molecule has 0 fully saturated rings. The standard InChI is InChI=1S/C26H30N6O8/c1-38-24-17-23(30-28-21-8-7-20(32(36)37)15-26(21)40-14-13-35)25(39-2)16-22(24)29-27-18-3-5-19(6-4-18)31(9-11-33)10-12-34/h3-8,15-17,33-35H,9-14H2,1-2H3/b29-27+,30-28+. The van der Waals surface area contributed by atoms with Gasteiger partial charge in [-0.3, -0.25) is 10.1 Å². The number of methoxy groups -OCH3 is 2. The first kappa shape index (κ1) is 29.9. The fraction of sp³-hybridized carbons (Fsp3) is 0.308. The summed E-state index contributed by atoms with van der Waals surface area (Å²) in [5.74, 6) is 0.745. The van der Waals surface area contributed by atoms with Crippen molar-refractivity contribution in [2.75, 3.05) is 58.6 Å². The summed E-state index contributed by atoms with van der Waals surface area (Å²) in [6.45, 7) is 0.353. The van der Waals surface area contributed by atoms with Crippen molar-refractivity contribution >= 4 is 34.1 Å². The van der Waals surface area contributed by atoms with Crippen molar-refractivity contribution in [3.8, 4) is 17.2 Å². The van der Waals surface area contributed by atoms with E-state index in [0.717, 1.165) is 5.69 Å². The van der Waals surface area contributed by atoms with Gasteiger partial charge in [-0.25, -0.2) is 0 Å². The number of anilines is 1. The van der Waals surface area contributed by atoms with Crippen molar-refractivity contribution in [3.63, 3.8) is 0 Å². The minimum Gasteiger partial charge on any atom is -0.494 e. The summed E-state index contributed by atoms with van der Waals surface area (Å²) < 4.78 is 16.3. The monoisotopic (exact) mass is 554 g/mol. The van der Waals surface area contributed by atoms with Gasteiger partial charge < -0.3 is 34.4 Å². The second-order valence-corrected chi connectivity index (χ2v) is 8.03. The predicted octanol–water partition coefficient (Wildman–Crippen LogP) is 4.60. The number of nitrogens with zero attached hydrogens (tertiary/aromatic N) is 6. The third-order valence-corrected chi connectivity index (χ3v) is 5.48. The van der Waals surface area contributed by atoms with Gasteiger partial charge in [0.1, 0.15) is 35.2 Å². The van der Waals surface area contributed by atoms with Gasteiger partial charge in [0.15, 0.2) is 5.75 Å². The number of aliphatic hydroxyl groups excluding tert-OH is 3. The number of azo groups is 2. The maximum Gasteiger partial charge on any atom is 0.273 e. The molecule has 40 heavy (non-hydrogen) atoms. The summed E-state index contributed by atoms with van der Waals surface area (Å²) >= 11 is 0. The lowest BCUT2D eigenvalue weighted by molar-refractivity contribution is -0.384.